The number of pyridine rings is 1. The first kappa shape index (κ1) is 17.1. The zero-order valence-electron chi connectivity index (χ0n) is 15.3. The third kappa shape index (κ3) is 3.23. The maximum Gasteiger partial charge on any atom is 0.267 e. The van der Waals surface area contributed by atoms with Crippen LogP contribution in [-0.2, 0) is 0 Å². The normalized spacial score (nSPS) is 11.5. The SMILES string of the molecule is CC(C)CCNC(=O)c1cc2c(-c3ccc4[nH]nc(N)c4c3)ccnc2[nH]1. The molecule has 1 aromatic carbocycles. The summed E-state index contributed by atoms with van der Waals surface area (Å²) in [5, 5.41) is 11.7. The number of hydrogen-bond donors (Lipinski definition) is 4. The molecule has 0 aliphatic heterocycles. The molecule has 3 aromatic heterocycles. The molecule has 27 heavy (non-hydrogen) atoms. The maximum absolute atomic E-state index is 12.4. The third-order valence-electron chi connectivity index (χ3n) is 4.69. The third-order valence-corrected chi connectivity index (χ3v) is 4.69. The lowest BCUT2D eigenvalue weighted by molar-refractivity contribution is 0.0948. The predicted octanol–water partition coefficient (Wildman–Crippen LogP) is 3.46. The topological polar surface area (TPSA) is 112 Å². The number of anilines is 1. The fourth-order valence-corrected chi connectivity index (χ4v) is 3.17. The Kier molecular flexibility index (Phi) is 4.27. The van der Waals surface area contributed by atoms with Gasteiger partial charge in [-0.05, 0) is 47.7 Å². The van der Waals surface area contributed by atoms with E-state index in [1.807, 2.05) is 30.3 Å². The summed E-state index contributed by atoms with van der Waals surface area (Å²) in [5.74, 6) is 0.900. The van der Waals surface area contributed by atoms with Gasteiger partial charge in [0.1, 0.15) is 11.3 Å². The van der Waals surface area contributed by atoms with Crippen molar-refractivity contribution in [1.29, 1.82) is 0 Å². The van der Waals surface area contributed by atoms with Crippen molar-refractivity contribution < 1.29 is 4.79 Å². The van der Waals surface area contributed by atoms with Crippen molar-refractivity contribution in [1.82, 2.24) is 25.5 Å². The lowest BCUT2D eigenvalue weighted by Crippen LogP contribution is -2.25. The number of nitrogen functional groups attached to an aromatic ring is 1. The van der Waals surface area contributed by atoms with Crippen LogP contribution in [0.3, 0.4) is 0 Å². The summed E-state index contributed by atoms with van der Waals surface area (Å²) in [7, 11) is 0. The van der Waals surface area contributed by atoms with Crippen LogP contribution in [0.25, 0.3) is 33.1 Å². The van der Waals surface area contributed by atoms with E-state index in [1.165, 1.54) is 0 Å². The first-order valence-electron chi connectivity index (χ1n) is 9.03. The minimum absolute atomic E-state index is 0.117. The van der Waals surface area contributed by atoms with Crippen molar-refractivity contribution >= 4 is 33.7 Å². The van der Waals surface area contributed by atoms with Gasteiger partial charge in [-0.15, -0.1) is 0 Å². The van der Waals surface area contributed by atoms with Crippen LogP contribution in [0.1, 0.15) is 30.8 Å². The van der Waals surface area contributed by atoms with Crippen LogP contribution in [0.4, 0.5) is 5.82 Å². The summed E-state index contributed by atoms with van der Waals surface area (Å²) >= 11 is 0. The zero-order chi connectivity index (χ0) is 19.0. The number of hydrogen-bond acceptors (Lipinski definition) is 4. The molecule has 7 nitrogen and oxygen atoms in total. The molecule has 4 rings (SSSR count). The second-order valence-corrected chi connectivity index (χ2v) is 7.11. The molecule has 0 saturated heterocycles. The Morgan fingerprint density at radius 1 is 1.22 bits per heavy atom. The highest BCUT2D eigenvalue weighted by molar-refractivity contribution is 6.03. The van der Waals surface area contributed by atoms with E-state index in [-0.39, 0.29) is 5.91 Å². The lowest BCUT2D eigenvalue weighted by atomic mass is 10.0. The smallest absolute Gasteiger partial charge is 0.267 e. The van der Waals surface area contributed by atoms with Crippen molar-refractivity contribution in [3.63, 3.8) is 0 Å². The highest BCUT2D eigenvalue weighted by atomic mass is 16.1. The molecule has 0 aliphatic rings. The number of carbonyl (C=O) groups excluding carboxylic acids is 1. The molecule has 0 unspecified atom stereocenters. The molecule has 4 aromatic rings. The van der Waals surface area contributed by atoms with Gasteiger partial charge in [0.15, 0.2) is 5.82 Å². The minimum atomic E-state index is -0.117. The number of nitrogens with zero attached hydrogens (tertiary/aromatic N) is 2. The Morgan fingerprint density at radius 3 is 2.89 bits per heavy atom. The van der Waals surface area contributed by atoms with Crippen LogP contribution in [0.5, 0.6) is 0 Å². The highest BCUT2D eigenvalue weighted by Gasteiger charge is 2.14. The number of benzene rings is 1. The largest absolute Gasteiger partial charge is 0.382 e. The number of carbonyl (C=O) groups is 1. The number of aromatic nitrogens is 4. The summed E-state index contributed by atoms with van der Waals surface area (Å²) in [6.07, 6.45) is 2.68. The fraction of sp³-hybridized carbons (Fsp3) is 0.250. The van der Waals surface area contributed by atoms with E-state index in [2.05, 4.69) is 39.3 Å². The quantitative estimate of drug-likeness (QED) is 0.435. The van der Waals surface area contributed by atoms with Crippen molar-refractivity contribution in [3.8, 4) is 11.1 Å². The van der Waals surface area contributed by atoms with Crippen molar-refractivity contribution in [2.24, 2.45) is 5.92 Å². The molecule has 0 fully saturated rings. The summed E-state index contributed by atoms with van der Waals surface area (Å²) in [4.78, 5) is 19.9. The van der Waals surface area contributed by atoms with Crippen molar-refractivity contribution in [3.05, 3.63) is 42.2 Å². The van der Waals surface area contributed by atoms with E-state index in [4.69, 9.17) is 5.73 Å². The molecule has 0 atom stereocenters. The van der Waals surface area contributed by atoms with E-state index >= 15 is 0 Å². The van der Waals surface area contributed by atoms with Gasteiger partial charge in [-0.25, -0.2) is 4.98 Å². The van der Waals surface area contributed by atoms with Crippen molar-refractivity contribution in [2.45, 2.75) is 20.3 Å². The molecule has 1 amide bonds. The van der Waals surface area contributed by atoms with E-state index < -0.39 is 0 Å². The Hall–Kier alpha value is -3.35. The first-order chi connectivity index (χ1) is 13.0. The maximum atomic E-state index is 12.4. The molecule has 0 bridgehead atoms. The average molecular weight is 362 g/mol. The number of H-pyrrole nitrogens is 2. The monoisotopic (exact) mass is 362 g/mol. The van der Waals surface area contributed by atoms with Crippen LogP contribution in [0, 0.1) is 5.92 Å². The molecule has 138 valence electrons. The Morgan fingerprint density at radius 2 is 2.07 bits per heavy atom. The van der Waals surface area contributed by atoms with Gasteiger partial charge in [-0.2, -0.15) is 5.10 Å². The fourth-order valence-electron chi connectivity index (χ4n) is 3.17. The minimum Gasteiger partial charge on any atom is -0.382 e. The van der Waals surface area contributed by atoms with Crippen LogP contribution in [-0.4, -0.2) is 32.6 Å². The number of aromatic amines is 2. The predicted molar refractivity (Wildman–Crippen MR) is 107 cm³/mol. The molecule has 7 heteroatoms. The summed E-state index contributed by atoms with van der Waals surface area (Å²) in [6, 6.07) is 9.74. The van der Waals surface area contributed by atoms with Crippen LogP contribution < -0.4 is 11.1 Å². The van der Waals surface area contributed by atoms with Gasteiger partial charge in [0.25, 0.3) is 5.91 Å². The number of nitrogens with two attached hydrogens (primary N) is 1. The van der Waals surface area contributed by atoms with Gasteiger partial charge < -0.3 is 16.0 Å². The molecule has 5 N–H and O–H groups in total. The van der Waals surface area contributed by atoms with Crippen LogP contribution >= 0.6 is 0 Å². The molecule has 0 aliphatic carbocycles. The second-order valence-electron chi connectivity index (χ2n) is 7.11. The lowest BCUT2D eigenvalue weighted by Gasteiger charge is -2.05. The van der Waals surface area contributed by atoms with Gasteiger partial charge in [-0.1, -0.05) is 19.9 Å². The highest BCUT2D eigenvalue weighted by Crippen LogP contribution is 2.31. The van der Waals surface area contributed by atoms with Gasteiger partial charge in [0.05, 0.1) is 5.52 Å². The summed E-state index contributed by atoms with van der Waals surface area (Å²) in [5.41, 5.74) is 10.00. The molecule has 0 saturated carbocycles. The van der Waals surface area contributed by atoms with E-state index in [9.17, 15) is 4.79 Å². The van der Waals surface area contributed by atoms with Gasteiger partial charge in [0.2, 0.25) is 0 Å². The van der Waals surface area contributed by atoms with Gasteiger partial charge in [-0.3, -0.25) is 9.89 Å². The summed E-state index contributed by atoms with van der Waals surface area (Å²) in [6.45, 7) is 4.92. The van der Waals surface area contributed by atoms with Crippen LogP contribution in [0.15, 0.2) is 36.5 Å². The molecular weight excluding hydrogens is 340 g/mol. The number of amides is 1. The van der Waals surface area contributed by atoms with E-state index in [1.54, 1.807) is 6.20 Å². The number of nitrogens with one attached hydrogen (secondary N) is 3. The summed E-state index contributed by atoms with van der Waals surface area (Å²) < 4.78 is 0. The molecule has 0 spiro atoms. The second kappa shape index (κ2) is 6.75. The van der Waals surface area contributed by atoms with Crippen molar-refractivity contribution in [2.75, 3.05) is 12.3 Å². The number of fused-ring (bicyclic) bond motifs is 2. The Bertz CT molecular complexity index is 1120. The molecule has 0 radical (unpaired) electrons. The Labute approximate surface area is 156 Å². The Balaban J connectivity index is 1.70. The van der Waals surface area contributed by atoms with Gasteiger partial charge >= 0.3 is 0 Å². The average Bonchev–Trinajstić information content (AvgIpc) is 3.25. The standard InChI is InChI=1S/C20H22N6O/c1-11(2)5-7-23-20(27)17-10-14-13(6-8-22-19(14)24-17)12-3-4-16-15(9-12)18(21)26-25-16/h3-4,6,8-11H,5,7H2,1-2H3,(H,22,24)(H,23,27)(H3,21,25,26). The molecule has 3 heterocycles. The molecular formula is C20H22N6O. The van der Waals surface area contributed by atoms with E-state index in [0.29, 0.717) is 29.6 Å². The zero-order valence-corrected chi connectivity index (χ0v) is 15.3. The van der Waals surface area contributed by atoms with Crippen LogP contribution in [0.2, 0.25) is 0 Å². The van der Waals surface area contributed by atoms with Gasteiger partial charge in [0, 0.05) is 23.5 Å². The first-order valence-corrected chi connectivity index (χ1v) is 9.03. The van der Waals surface area contributed by atoms with E-state index in [0.717, 1.165) is 33.8 Å². The number of rotatable bonds is 5.